The van der Waals surface area contributed by atoms with Crippen molar-refractivity contribution in [3.63, 3.8) is 0 Å². The third-order valence-corrected chi connectivity index (χ3v) is 5.84. The van der Waals surface area contributed by atoms with E-state index in [4.69, 9.17) is 16.2 Å². The Kier molecular flexibility index (Phi) is 14.6. The Morgan fingerprint density at radius 1 is 0.850 bits per heavy atom. The molecule has 218 valence electrons. The van der Waals surface area contributed by atoms with Gasteiger partial charge in [0.1, 0.15) is 17.8 Å². The Balaban J connectivity index is 0.00000800. The maximum absolute atomic E-state index is 12.8. The number of amides is 4. The average Bonchev–Trinajstić information content (AvgIpc) is 2.90. The van der Waals surface area contributed by atoms with Crippen molar-refractivity contribution in [2.24, 2.45) is 11.5 Å². The molecule has 2 aromatic carbocycles. The summed E-state index contributed by atoms with van der Waals surface area (Å²) in [7, 11) is 0. The molecule has 0 heterocycles. The molecule has 3 atom stereocenters. The monoisotopic (exact) mass is 557 g/mol. The Morgan fingerprint density at radius 2 is 1.48 bits per heavy atom. The number of ether oxygens (including phenoxy) is 1. The highest BCUT2D eigenvalue weighted by molar-refractivity contribution is 5.93. The molecule has 2 aromatic rings. The van der Waals surface area contributed by atoms with Crippen molar-refractivity contribution in [2.45, 2.75) is 64.1 Å². The molecule has 0 saturated heterocycles. The number of unbranched alkanes of at least 4 members (excludes halogenated alkanes) is 1. The van der Waals surface area contributed by atoms with Gasteiger partial charge in [0, 0.05) is 13.3 Å². The SMILES string of the molecule is CCCC[C@@H](NC(=O)[C@@H](N)Cc1ccc(OC(C)=O)cc1)C(=O)NCC(=O)N[C@@H](Cc1ccccc1)C(N)=O.O. The summed E-state index contributed by atoms with van der Waals surface area (Å²) in [5, 5.41) is 7.73. The van der Waals surface area contributed by atoms with Crippen LogP contribution in [0.3, 0.4) is 0 Å². The summed E-state index contributed by atoms with van der Waals surface area (Å²) in [5.41, 5.74) is 13.1. The second kappa shape index (κ2) is 17.3. The molecule has 40 heavy (non-hydrogen) atoms. The number of hydrogen-bond donors (Lipinski definition) is 5. The smallest absolute Gasteiger partial charge is 0.308 e. The molecule has 0 saturated carbocycles. The second-order valence-corrected chi connectivity index (χ2v) is 9.18. The van der Waals surface area contributed by atoms with Crippen LogP contribution in [-0.2, 0) is 36.8 Å². The number of nitrogens with one attached hydrogen (secondary N) is 3. The van der Waals surface area contributed by atoms with Crippen molar-refractivity contribution < 1.29 is 34.2 Å². The van der Waals surface area contributed by atoms with Crippen LogP contribution in [0.4, 0.5) is 0 Å². The molecular formula is C28H39N5O7. The molecule has 0 radical (unpaired) electrons. The molecule has 0 bridgehead atoms. The number of carbonyl (C=O) groups is 5. The van der Waals surface area contributed by atoms with E-state index in [-0.39, 0.29) is 18.3 Å². The van der Waals surface area contributed by atoms with E-state index in [0.717, 1.165) is 17.5 Å². The maximum atomic E-state index is 12.8. The first-order valence-corrected chi connectivity index (χ1v) is 12.8. The number of hydrogen-bond acceptors (Lipinski definition) is 7. The van der Waals surface area contributed by atoms with Crippen molar-refractivity contribution in [2.75, 3.05) is 6.54 Å². The number of nitrogens with two attached hydrogens (primary N) is 2. The van der Waals surface area contributed by atoms with Gasteiger partial charge in [-0.3, -0.25) is 24.0 Å². The topological polar surface area (TPSA) is 214 Å². The lowest BCUT2D eigenvalue weighted by Gasteiger charge is -2.21. The summed E-state index contributed by atoms with van der Waals surface area (Å²) in [5.74, 6) is -2.39. The fourth-order valence-electron chi connectivity index (χ4n) is 3.77. The fourth-order valence-corrected chi connectivity index (χ4v) is 3.77. The molecule has 12 heteroatoms. The van der Waals surface area contributed by atoms with Gasteiger partial charge in [0.15, 0.2) is 0 Å². The van der Waals surface area contributed by atoms with Gasteiger partial charge >= 0.3 is 5.97 Å². The summed E-state index contributed by atoms with van der Waals surface area (Å²) in [4.78, 5) is 60.9. The van der Waals surface area contributed by atoms with Crippen LogP contribution in [-0.4, -0.2) is 59.7 Å². The summed E-state index contributed by atoms with van der Waals surface area (Å²) in [6.07, 6.45) is 2.23. The number of esters is 1. The zero-order valence-corrected chi connectivity index (χ0v) is 22.8. The molecule has 0 unspecified atom stereocenters. The van der Waals surface area contributed by atoms with E-state index >= 15 is 0 Å². The quantitative estimate of drug-likeness (QED) is 0.145. The molecule has 9 N–H and O–H groups in total. The van der Waals surface area contributed by atoms with Crippen LogP contribution in [0.1, 0.15) is 44.2 Å². The lowest BCUT2D eigenvalue weighted by molar-refractivity contribution is -0.132. The normalized spacial score (nSPS) is 12.6. The zero-order valence-electron chi connectivity index (χ0n) is 22.8. The summed E-state index contributed by atoms with van der Waals surface area (Å²) >= 11 is 0. The summed E-state index contributed by atoms with van der Waals surface area (Å²) in [6, 6.07) is 12.9. The predicted octanol–water partition coefficient (Wildman–Crippen LogP) is -0.339. The van der Waals surface area contributed by atoms with Crippen molar-refractivity contribution in [1.29, 1.82) is 0 Å². The van der Waals surface area contributed by atoms with Gasteiger partial charge in [-0.1, -0.05) is 62.2 Å². The van der Waals surface area contributed by atoms with Gasteiger partial charge in [-0.25, -0.2) is 0 Å². The first-order valence-electron chi connectivity index (χ1n) is 12.8. The second-order valence-electron chi connectivity index (χ2n) is 9.18. The van der Waals surface area contributed by atoms with Crippen LogP contribution < -0.4 is 32.2 Å². The highest BCUT2D eigenvalue weighted by Crippen LogP contribution is 2.13. The van der Waals surface area contributed by atoms with Crippen LogP contribution in [0.2, 0.25) is 0 Å². The molecule has 2 rings (SSSR count). The van der Waals surface area contributed by atoms with Crippen LogP contribution in [0, 0.1) is 0 Å². The Hall–Kier alpha value is -4.29. The van der Waals surface area contributed by atoms with Crippen LogP contribution >= 0.6 is 0 Å². The number of carbonyl (C=O) groups excluding carboxylic acids is 5. The summed E-state index contributed by atoms with van der Waals surface area (Å²) < 4.78 is 4.99. The molecule has 12 nitrogen and oxygen atoms in total. The highest BCUT2D eigenvalue weighted by atomic mass is 16.5. The molecule has 0 aliphatic rings. The summed E-state index contributed by atoms with van der Waals surface area (Å²) in [6.45, 7) is 2.86. The van der Waals surface area contributed by atoms with Gasteiger partial charge in [0.2, 0.25) is 23.6 Å². The molecule has 0 fully saturated rings. The molecule has 0 spiro atoms. The van der Waals surface area contributed by atoms with Gasteiger partial charge in [0.05, 0.1) is 12.6 Å². The van der Waals surface area contributed by atoms with Crippen molar-refractivity contribution in [3.05, 3.63) is 65.7 Å². The third kappa shape index (κ3) is 12.0. The first-order chi connectivity index (χ1) is 18.6. The standard InChI is InChI=1S/C28H37N5O6.H2O/c1-3-4-10-23(33-27(37)22(29)15-20-11-13-21(14-12-20)39-18(2)34)28(38)31-17-25(35)32-24(26(30)36)16-19-8-6-5-7-9-19;/h5-9,11-14,22-24H,3-4,10,15-17,29H2,1-2H3,(H2,30,36)(H,31,38)(H,32,35)(H,33,37);1H2/t22-,23+,24-;/m0./s1. The Morgan fingerprint density at radius 3 is 2.05 bits per heavy atom. The van der Waals surface area contributed by atoms with Crippen molar-refractivity contribution in [1.82, 2.24) is 16.0 Å². The van der Waals surface area contributed by atoms with E-state index < -0.39 is 54.3 Å². The fraction of sp³-hybridized carbons (Fsp3) is 0.393. The molecule has 0 aromatic heterocycles. The van der Waals surface area contributed by atoms with Crippen molar-refractivity contribution >= 4 is 29.6 Å². The van der Waals surface area contributed by atoms with Crippen molar-refractivity contribution in [3.8, 4) is 5.75 Å². The van der Waals surface area contributed by atoms with E-state index in [9.17, 15) is 24.0 Å². The van der Waals surface area contributed by atoms with E-state index in [1.807, 2.05) is 37.3 Å². The van der Waals surface area contributed by atoms with E-state index in [1.54, 1.807) is 24.3 Å². The minimum Gasteiger partial charge on any atom is -0.427 e. The lowest BCUT2D eigenvalue weighted by atomic mass is 10.0. The maximum Gasteiger partial charge on any atom is 0.308 e. The van der Waals surface area contributed by atoms with Gasteiger partial charge in [-0.05, 0) is 36.1 Å². The number of rotatable bonds is 15. The van der Waals surface area contributed by atoms with Crippen LogP contribution in [0.25, 0.3) is 0 Å². The number of primary amides is 1. The number of benzene rings is 2. The molecule has 0 aliphatic heterocycles. The molecular weight excluding hydrogens is 518 g/mol. The molecule has 0 aliphatic carbocycles. The molecule has 4 amide bonds. The largest absolute Gasteiger partial charge is 0.427 e. The minimum absolute atomic E-state index is 0. The highest BCUT2D eigenvalue weighted by Gasteiger charge is 2.25. The van der Waals surface area contributed by atoms with Gasteiger partial charge < -0.3 is 37.6 Å². The Bertz CT molecular complexity index is 1130. The first kappa shape index (κ1) is 33.7. The zero-order chi connectivity index (χ0) is 28.8. The third-order valence-electron chi connectivity index (χ3n) is 5.84. The van der Waals surface area contributed by atoms with Gasteiger partial charge in [0.25, 0.3) is 0 Å². The van der Waals surface area contributed by atoms with E-state index in [2.05, 4.69) is 16.0 Å². The minimum atomic E-state index is -0.937. The average molecular weight is 558 g/mol. The lowest BCUT2D eigenvalue weighted by Crippen LogP contribution is -2.54. The van der Waals surface area contributed by atoms with E-state index in [1.165, 1.54) is 6.92 Å². The predicted molar refractivity (Wildman–Crippen MR) is 149 cm³/mol. The van der Waals surface area contributed by atoms with Crippen LogP contribution in [0.15, 0.2) is 54.6 Å². The van der Waals surface area contributed by atoms with Gasteiger partial charge in [-0.15, -0.1) is 0 Å². The van der Waals surface area contributed by atoms with Gasteiger partial charge in [-0.2, -0.15) is 0 Å². The van der Waals surface area contributed by atoms with E-state index in [0.29, 0.717) is 18.6 Å². The Labute approximate surface area is 233 Å². The van der Waals surface area contributed by atoms with Crippen LogP contribution in [0.5, 0.6) is 5.75 Å².